The van der Waals surface area contributed by atoms with E-state index < -0.39 is 5.60 Å². The first kappa shape index (κ1) is 14.5. The Morgan fingerprint density at radius 3 is 2.53 bits per heavy atom. The van der Waals surface area contributed by atoms with Crippen LogP contribution in [0.15, 0.2) is 0 Å². The summed E-state index contributed by atoms with van der Waals surface area (Å²) in [6, 6.07) is -0.0806. The SMILES string of the molecule is CCCCCCC(NC)C(=O)N1CC(C)(O)C1. The van der Waals surface area contributed by atoms with Gasteiger partial charge in [-0.3, -0.25) is 4.79 Å². The second-order valence-corrected chi connectivity index (χ2v) is 5.38. The van der Waals surface area contributed by atoms with Crippen molar-refractivity contribution in [2.24, 2.45) is 0 Å². The molecule has 1 atom stereocenters. The molecule has 4 nitrogen and oxygen atoms in total. The van der Waals surface area contributed by atoms with Gasteiger partial charge in [-0.15, -0.1) is 0 Å². The molecule has 0 radical (unpaired) electrons. The van der Waals surface area contributed by atoms with Crippen LogP contribution in [-0.2, 0) is 4.79 Å². The highest BCUT2D eigenvalue weighted by Gasteiger charge is 2.40. The first-order chi connectivity index (χ1) is 8.00. The lowest BCUT2D eigenvalue weighted by Gasteiger charge is -2.45. The third-order valence-corrected chi connectivity index (χ3v) is 3.37. The summed E-state index contributed by atoms with van der Waals surface area (Å²) >= 11 is 0. The van der Waals surface area contributed by atoms with Gasteiger partial charge in [0.2, 0.25) is 5.91 Å². The number of nitrogens with zero attached hydrogens (tertiary/aromatic N) is 1. The van der Waals surface area contributed by atoms with E-state index >= 15 is 0 Å². The van der Waals surface area contributed by atoms with E-state index in [9.17, 15) is 9.90 Å². The summed E-state index contributed by atoms with van der Waals surface area (Å²) < 4.78 is 0. The molecule has 1 fully saturated rings. The third kappa shape index (κ3) is 4.28. The van der Waals surface area contributed by atoms with Crippen molar-refractivity contribution in [3.8, 4) is 0 Å². The number of nitrogens with one attached hydrogen (secondary N) is 1. The lowest BCUT2D eigenvalue weighted by Crippen LogP contribution is -2.64. The molecule has 0 aromatic rings. The Morgan fingerprint density at radius 1 is 1.41 bits per heavy atom. The van der Waals surface area contributed by atoms with Gasteiger partial charge in [-0.05, 0) is 20.4 Å². The highest BCUT2D eigenvalue weighted by atomic mass is 16.3. The van der Waals surface area contributed by atoms with Crippen LogP contribution in [0, 0.1) is 0 Å². The normalized spacial score (nSPS) is 19.9. The fourth-order valence-corrected chi connectivity index (χ4v) is 2.32. The van der Waals surface area contributed by atoms with Crippen LogP contribution in [0.5, 0.6) is 0 Å². The van der Waals surface area contributed by atoms with Crippen LogP contribution in [0.3, 0.4) is 0 Å². The molecule has 1 unspecified atom stereocenters. The molecule has 2 N–H and O–H groups in total. The van der Waals surface area contributed by atoms with Crippen LogP contribution in [0.2, 0.25) is 0 Å². The quantitative estimate of drug-likeness (QED) is 0.658. The summed E-state index contributed by atoms with van der Waals surface area (Å²) in [6.07, 6.45) is 5.64. The van der Waals surface area contributed by atoms with Crippen LogP contribution >= 0.6 is 0 Å². The fourth-order valence-electron chi connectivity index (χ4n) is 2.32. The zero-order valence-corrected chi connectivity index (χ0v) is 11.3. The summed E-state index contributed by atoms with van der Waals surface area (Å²) in [5.74, 6) is 0.135. The summed E-state index contributed by atoms with van der Waals surface area (Å²) in [5, 5.41) is 12.7. The van der Waals surface area contributed by atoms with Crippen LogP contribution < -0.4 is 5.32 Å². The molecule has 0 aromatic heterocycles. The predicted molar refractivity (Wildman–Crippen MR) is 68.8 cm³/mol. The topological polar surface area (TPSA) is 52.6 Å². The number of aliphatic hydroxyl groups is 1. The van der Waals surface area contributed by atoms with Crippen molar-refractivity contribution >= 4 is 5.91 Å². The van der Waals surface area contributed by atoms with E-state index in [2.05, 4.69) is 12.2 Å². The largest absolute Gasteiger partial charge is 0.386 e. The third-order valence-electron chi connectivity index (χ3n) is 3.37. The van der Waals surface area contributed by atoms with Crippen molar-refractivity contribution in [3.05, 3.63) is 0 Å². The van der Waals surface area contributed by atoms with Gasteiger partial charge >= 0.3 is 0 Å². The van der Waals surface area contributed by atoms with Crippen molar-refractivity contribution < 1.29 is 9.90 Å². The smallest absolute Gasteiger partial charge is 0.239 e. The lowest BCUT2D eigenvalue weighted by atomic mass is 9.95. The van der Waals surface area contributed by atoms with Crippen LogP contribution in [-0.4, -0.2) is 47.7 Å². The van der Waals surface area contributed by atoms with Gasteiger partial charge in [-0.25, -0.2) is 0 Å². The number of carbonyl (C=O) groups is 1. The van der Waals surface area contributed by atoms with E-state index in [0.717, 1.165) is 12.8 Å². The first-order valence-corrected chi connectivity index (χ1v) is 6.68. The number of carbonyl (C=O) groups excluding carboxylic acids is 1. The predicted octanol–water partition coefficient (Wildman–Crippen LogP) is 1.14. The molecule has 1 aliphatic heterocycles. The Hall–Kier alpha value is -0.610. The average molecular weight is 242 g/mol. The average Bonchev–Trinajstić information content (AvgIpc) is 2.25. The van der Waals surface area contributed by atoms with E-state index in [1.807, 2.05) is 7.05 Å². The number of hydrogen-bond acceptors (Lipinski definition) is 3. The Kier molecular flexibility index (Phi) is 5.40. The molecule has 4 heteroatoms. The maximum atomic E-state index is 12.1. The van der Waals surface area contributed by atoms with Gasteiger partial charge in [0.25, 0.3) is 0 Å². The van der Waals surface area contributed by atoms with Crippen molar-refractivity contribution in [2.45, 2.75) is 57.6 Å². The molecule has 0 saturated carbocycles. The van der Waals surface area contributed by atoms with Gasteiger partial charge in [0.1, 0.15) is 0 Å². The Bertz CT molecular complexity index is 246. The van der Waals surface area contributed by atoms with Gasteiger partial charge in [0.15, 0.2) is 0 Å². The minimum atomic E-state index is -0.670. The zero-order chi connectivity index (χ0) is 12.9. The number of unbranched alkanes of at least 4 members (excludes halogenated alkanes) is 3. The molecule has 1 heterocycles. The van der Waals surface area contributed by atoms with Crippen molar-refractivity contribution in [1.82, 2.24) is 10.2 Å². The molecule has 0 bridgehead atoms. The van der Waals surface area contributed by atoms with Crippen molar-refractivity contribution in [2.75, 3.05) is 20.1 Å². The molecule has 0 aliphatic carbocycles. The van der Waals surface area contributed by atoms with E-state index in [4.69, 9.17) is 0 Å². The molecule has 1 saturated heterocycles. The number of amides is 1. The lowest BCUT2D eigenvalue weighted by molar-refractivity contribution is -0.154. The summed E-state index contributed by atoms with van der Waals surface area (Å²) in [4.78, 5) is 13.8. The standard InChI is InChI=1S/C13H26N2O2/c1-4-5-6-7-8-11(14-3)12(16)15-9-13(2,17)10-15/h11,14,17H,4-10H2,1-3H3. The van der Waals surface area contributed by atoms with Gasteiger partial charge < -0.3 is 15.3 Å². The van der Waals surface area contributed by atoms with Crippen molar-refractivity contribution in [1.29, 1.82) is 0 Å². The number of β-amino-alcohol motifs (C(OH)–C–C–N with tert-alkyl or cyclic N) is 1. The van der Waals surface area contributed by atoms with Crippen LogP contribution in [0.4, 0.5) is 0 Å². The van der Waals surface area contributed by atoms with Gasteiger partial charge in [0, 0.05) is 0 Å². The van der Waals surface area contributed by atoms with E-state index in [-0.39, 0.29) is 11.9 Å². The number of likely N-dealkylation sites (tertiary alicyclic amines) is 1. The summed E-state index contributed by atoms with van der Waals surface area (Å²) in [7, 11) is 1.83. The Labute approximate surface area is 104 Å². The van der Waals surface area contributed by atoms with E-state index in [0.29, 0.717) is 13.1 Å². The second-order valence-electron chi connectivity index (χ2n) is 5.38. The molecule has 0 spiro atoms. The number of hydrogen-bond donors (Lipinski definition) is 2. The first-order valence-electron chi connectivity index (χ1n) is 6.68. The molecular weight excluding hydrogens is 216 g/mol. The molecule has 1 rings (SSSR count). The maximum Gasteiger partial charge on any atom is 0.239 e. The minimum absolute atomic E-state index is 0.0806. The van der Waals surface area contributed by atoms with E-state index in [1.54, 1.807) is 11.8 Å². The van der Waals surface area contributed by atoms with E-state index in [1.165, 1.54) is 19.3 Å². The Balaban J connectivity index is 2.27. The second kappa shape index (κ2) is 6.36. The monoisotopic (exact) mass is 242 g/mol. The highest BCUT2D eigenvalue weighted by molar-refractivity contribution is 5.82. The summed E-state index contributed by atoms with van der Waals surface area (Å²) in [5.41, 5.74) is -0.670. The Morgan fingerprint density at radius 2 is 2.06 bits per heavy atom. The minimum Gasteiger partial charge on any atom is -0.386 e. The molecule has 1 aliphatic rings. The van der Waals surface area contributed by atoms with Crippen molar-refractivity contribution in [3.63, 3.8) is 0 Å². The molecule has 100 valence electrons. The fraction of sp³-hybridized carbons (Fsp3) is 0.923. The molecule has 1 amide bonds. The van der Waals surface area contributed by atoms with Gasteiger partial charge in [-0.1, -0.05) is 32.6 Å². The van der Waals surface area contributed by atoms with Gasteiger partial charge in [-0.2, -0.15) is 0 Å². The maximum absolute atomic E-state index is 12.1. The molecular formula is C13H26N2O2. The number of likely N-dealkylation sites (N-methyl/N-ethyl adjacent to an activating group) is 1. The van der Waals surface area contributed by atoms with Gasteiger partial charge in [0.05, 0.1) is 24.7 Å². The van der Waals surface area contributed by atoms with Crippen LogP contribution in [0.1, 0.15) is 46.0 Å². The summed E-state index contributed by atoms with van der Waals surface area (Å²) in [6.45, 7) is 4.90. The highest BCUT2D eigenvalue weighted by Crippen LogP contribution is 2.21. The molecule has 17 heavy (non-hydrogen) atoms. The zero-order valence-electron chi connectivity index (χ0n) is 11.3. The number of rotatable bonds is 7. The molecule has 0 aromatic carbocycles. The van der Waals surface area contributed by atoms with Crippen LogP contribution in [0.25, 0.3) is 0 Å².